The topological polar surface area (TPSA) is 42.1 Å². The molecule has 2 aliphatic rings. The van der Waals surface area contributed by atoms with E-state index in [2.05, 4.69) is 9.88 Å². The maximum absolute atomic E-state index is 5.94. The molecule has 86 valence electrons. The zero-order valence-electron chi connectivity index (χ0n) is 9.25. The summed E-state index contributed by atoms with van der Waals surface area (Å²) in [5.74, 6) is 0.864. The van der Waals surface area contributed by atoms with Gasteiger partial charge in [-0.2, -0.15) is 0 Å². The van der Waals surface area contributed by atoms with Crippen LogP contribution in [0.3, 0.4) is 0 Å². The molecular formula is C12H16ClN3. The van der Waals surface area contributed by atoms with Gasteiger partial charge in [0.15, 0.2) is 5.82 Å². The highest BCUT2D eigenvalue weighted by Crippen LogP contribution is 2.54. The van der Waals surface area contributed by atoms with Crippen molar-refractivity contribution in [2.45, 2.75) is 25.7 Å². The van der Waals surface area contributed by atoms with Crippen LogP contribution in [0.15, 0.2) is 12.1 Å². The fourth-order valence-electron chi connectivity index (χ4n) is 2.56. The van der Waals surface area contributed by atoms with Crippen molar-refractivity contribution >= 4 is 23.1 Å². The zero-order chi connectivity index (χ0) is 11.2. The van der Waals surface area contributed by atoms with Crippen LogP contribution in [-0.4, -0.2) is 18.1 Å². The Morgan fingerprint density at radius 3 is 2.50 bits per heavy atom. The van der Waals surface area contributed by atoms with E-state index in [9.17, 15) is 0 Å². The Balaban J connectivity index is 1.79. The first-order chi connectivity index (χ1) is 7.69. The first kappa shape index (κ1) is 10.2. The second-order valence-corrected chi connectivity index (χ2v) is 5.42. The van der Waals surface area contributed by atoms with E-state index in [-0.39, 0.29) is 0 Å². The number of nitrogen functional groups attached to an aromatic ring is 1. The maximum Gasteiger partial charge on any atom is 0.153 e. The quantitative estimate of drug-likeness (QED) is 0.764. The number of nitrogens with two attached hydrogens (primary N) is 1. The van der Waals surface area contributed by atoms with Gasteiger partial charge in [-0.3, -0.25) is 0 Å². The molecule has 4 heteroatoms. The fourth-order valence-corrected chi connectivity index (χ4v) is 2.70. The second-order valence-electron chi connectivity index (χ2n) is 5.03. The lowest BCUT2D eigenvalue weighted by Crippen LogP contribution is -2.35. The van der Waals surface area contributed by atoms with E-state index < -0.39 is 0 Å². The molecule has 1 aliphatic heterocycles. The van der Waals surface area contributed by atoms with E-state index in [4.69, 9.17) is 17.3 Å². The van der Waals surface area contributed by atoms with Crippen LogP contribution in [0, 0.1) is 5.41 Å². The molecule has 0 aromatic carbocycles. The molecule has 3 rings (SSSR count). The smallest absolute Gasteiger partial charge is 0.153 e. The minimum absolute atomic E-state index is 0.524. The van der Waals surface area contributed by atoms with Crippen LogP contribution in [0.1, 0.15) is 25.7 Å². The van der Waals surface area contributed by atoms with Gasteiger partial charge in [0.1, 0.15) is 5.15 Å². The van der Waals surface area contributed by atoms with Gasteiger partial charge >= 0.3 is 0 Å². The van der Waals surface area contributed by atoms with Crippen molar-refractivity contribution in [3.8, 4) is 0 Å². The van der Waals surface area contributed by atoms with Gasteiger partial charge in [0.2, 0.25) is 0 Å². The highest BCUT2D eigenvalue weighted by atomic mass is 35.5. The Labute approximate surface area is 101 Å². The molecule has 2 N–H and O–H groups in total. The predicted octanol–water partition coefficient (Wildman–Crippen LogP) is 2.70. The van der Waals surface area contributed by atoms with Crippen LogP contribution in [-0.2, 0) is 0 Å². The Morgan fingerprint density at radius 2 is 1.88 bits per heavy atom. The van der Waals surface area contributed by atoms with Crippen LogP contribution in [0.25, 0.3) is 0 Å². The van der Waals surface area contributed by atoms with Crippen LogP contribution in [0.4, 0.5) is 11.5 Å². The molecule has 3 nitrogen and oxygen atoms in total. The molecule has 1 spiro atoms. The van der Waals surface area contributed by atoms with Gasteiger partial charge in [0, 0.05) is 13.1 Å². The van der Waals surface area contributed by atoms with Gasteiger partial charge in [-0.15, -0.1) is 0 Å². The summed E-state index contributed by atoms with van der Waals surface area (Å²) in [5.41, 5.74) is 7.36. The Bertz CT molecular complexity index is 405. The highest BCUT2D eigenvalue weighted by Gasteiger charge is 2.44. The summed E-state index contributed by atoms with van der Waals surface area (Å²) in [6, 6.07) is 3.58. The first-order valence-corrected chi connectivity index (χ1v) is 6.23. The normalized spacial score (nSPS) is 22.4. The van der Waals surface area contributed by atoms with Gasteiger partial charge < -0.3 is 10.6 Å². The third-order valence-corrected chi connectivity index (χ3v) is 4.16. The summed E-state index contributed by atoms with van der Waals surface area (Å²) in [6.45, 7) is 2.13. The molecule has 1 aromatic heterocycles. The van der Waals surface area contributed by atoms with E-state index in [1.807, 2.05) is 6.07 Å². The lowest BCUT2D eigenvalue weighted by atomic mass is 9.94. The molecule has 1 aliphatic carbocycles. The Kier molecular flexibility index (Phi) is 2.25. The van der Waals surface area contributed by atoms with Crippen molar-refractivity contribution < 1.29 is 0 Å². The van der Waals surface area contributed by atoms with Crippen molar-refractivity contribution in [1.29, 1.82) is 0 Å². The number of aromatic nitrogens is 1. The van der Waals surface area contributed by atoms with E-state index in [0.29, 0.717) is 10.6 Å². The maximum atomic E-state index is 5.94. The van der Waals surface area contributed by atoms with Gasteiger partial charge in [0.05, 0.1) is 5.69 Å². The lowest BCUT2D eigenvalue weighted by molar-refractivity contribution is 0.383. The van der Waals surface area contributed by atoms with E-state index in [1.165, 1.54) is 25.7 Å². The van der Waals surface area contributed by atoms with Crippen LogP contribution in [0.5, 0.6) is 0 Å². The fraction of sp³-hybridized carbons (Fsp3) is 0.583. The number of rotatable bonds is 1. The SMILES string of the molecule is Nc1ccc(Cl)nc1N1CCC2(CC1)CC2. The average molecular weight is 238 g/mol. The standard InChI is InChI=1S/C12H16ClN3/c13-10-2-1-9(14)11(15-10)16-7-5-12(3-4-12)6-8-16/h1-2H,3-8,14H2. The molecule has 0 amide bonds. The zero-order valence-corrected chi connectivity index (χ0v) is 10.0. The van der Waals surface area contributed by atoms with Crippen molar-refractivity contribution in [2.75, 3.05) is 23.7 Å². The molecule has 0 unspecified atom stereocenters. The molecule has 0 radical (unpaired) electrons. The minimum Gasteiger partial charge on any atom is -0.396 e. The summed E-state index contributed by atoms with van der Waals surface area (Å²) in [4.78, 5) is 6.60. The van der Waals surface area contributed by atoms with E-state index in [1.54, 1.807) is 6.07 Å². The van der Waals surface area contributed by atoms with Crippen molar-refractivity contribution in [3.63, 3.8) is 0 Å². The second kappa shape index (κ2) is 3.52. The van der Waals surface area contributed by atoms with Gasteiger partial charge in [0.25, 0.3) is 0 Å². The van der Waals surface area contributed by atoms with Crippen LogP contribution < -0.4 is 10.6 Å². The number of halogens is 1. The number of nitrogens with zero attached hydrogens (tertiary/aromatic N) is 2. The number of anilines is 2. The number of pyridine rings is 1. The van der Waals surface area contributed by atoms with E-state index in [0.717, 1.165) is 24.6 Å². The summed E-state index contributed by atoms with van der Waals surface area (Å²) in [7, 11) is 0. The van der Waals surface area contributed by atoms with Gasteiger partial charge in [-0.05, 0) is 43.2 Å². The predicted molar refractivity (Wildman–Crippen MR) is 66.8 cm³/mol. The average Bonchev–Trinajstić information content (AvgIpc) is 3.03. The molecule has 1 saturated carbocycles. The molecular weight excluding hydrogens is 222 g/mol. The van der Waals surface area contributed by atoms with Gasteiger partial charge in [-0.1, -0.05) is 11.6 Å². The summed E-state index contributed by atoms with van der Waals surface area (Å²) >= 11 is 5.91. The lowest BCUT2D eigenvalue weighted by Gasteiger charge is -2.33. The highest BCUT2D eigenvalue weighted by molar-refractivity contribution is 6.29. The minimum atomic E-state index is 0.524. The molecule has 0 bridgehead atoms. The number of hydrogen-bond acceptors (Lipinski definition) is 3. The van der Waals surface area contributed by atoms with Crippen LogP contribution in [0.2, 0.25) is 5.15 Å². The summed E-state index contributed by atoms with van der Waals surface area (Å²) < 4.78 is 0. The summed E-state index contributed by atoms with van der Waals surface area (Å²) in [6.07, 6.45) is 5.39. The molecule has 2 fully saturated rings. The number of hydrogen-bond donors (Lipinski definition) is 1. The van der Waals surface area contributed by atoms with Crippen molar-refractivity contribution in [3.05, 3.63) is 17.3 Å². The molecule has 16 heavy (non-hydrogen) atoms. The number of piperidine rings is 1. The third-order valence-electron chi connectivity index (χ3n) is 3.95. The summed E-state index contributed by atoms with van der Waals surface area (Å²) in [5, 5.41) is 0.524. The monoisotopic (exact) mass is 237 g/mol. The van der Waals surface area contributed by atoms with Crippen LogP contribution >= 0.6 is 11.6 Å². The third kappa shape index (κ3) is 1.73. The molecule has 2 heterocycles. The molecule has 1 saturated heterocycles. The van der Waals surface area contributed by atoms with Crippen molar-refractivity contribution in [1.82, 2.24) is 4.98 Å². The van der Waals surface area contributed by atoms with Gasteiger partial charge in [-0.25, -0.2) is 4.98 Å². The molecule has 1 aromatic rings. The molecule has 0 atom stereocenters. The Hall–Kier alpha value is -0.960. The largest absolute Gasteiger partial charge is 0.396 e. The first-order valence-electron chi connectivity index (χ1n) is 5.86. The van der Waals surface area contributed by atoms with Crippen molar-refractivity contribution in [2.24, 2.45) is 5.41 Å². The van der Waals surface area contributed by atoms with E-state index >= 15 is 0 Å². The Morgan fingerprint density at radius 1 is 1.19 bits per heavy atom.